The lowest BCUT2D eigenvalue weighted by molar-refractivity contribution is -0.139. The van der Waals surface area contributed by atoms with Gasteiger partial charge in [-0.3, -0.25) is 4.79 Å². The van der Waals surface area contributed by atoms with Crippen LogP contribution in [0, 0.1) is 0 Å². The van der Waals surface area contributed by atoms with Crippen LogP contribution >= 0.6 is 0 Å². The van der Waals surface area contributed by atoms with Crippen molar-refractivity contribution in [1.82, 2.24) is 9.88 Å². The van der Waals surface area contributed by atoms with Crippen molar-refractivity contribution in [2.24, 2.45) is 7.05 Å². The summed E-state index contributed by atoms with van der Waals surface area (Å²) in [5, 5.41) is 13.0. The SMILES string of the molecule is Cn1ccc2ccc(C(=O)N[C@H](C(=O)O)c3ccccc3)cc21. The molecule has 3 aromatic rings. The molecule has 0 spiro atoms. The highest BCUT2D eigenvalue weighted by Gasteiger charge is 2.22. The van der Waals surface area contributed by atoms with Crippen LogP contribution in [0.15, 0.2) is 60.8 Å². The second kappa shape index (κ2) is 5.96. The molecule has 3 rings (SSSR count). The largest absolute Gasteiger partial charge is 0.479 e. The lowest BCUT2D eigenvalue weighted by atomic mass is 10.1. The van der Waals surface area contributed by atoms with E-state index in [1.165, 1.54) is 0 Å². The molecule has 2 N–H and O–H groups in total. The first-order valence-electron chi connectivity index (χ1n) is 7.20. The molecule has 1 amide bonds. The standard InChI is InChI=1S/C18H16N2O3/c1-20-10-9-12-7-8-14(11-15(12)20)17(21)19-16(18(22)23)13-5-3-2-4-6-13/h2-11,16H,1H3,(H,19,21)(H,22,23)/t16-/m0/s1. The smallest absolute Gasteiger partial charge is 0.330 e. The molecule has 2 aromatic carbocycles. The number of amides is 1. The Balaban J connectivity index is 1.88. The van der Waals surface area contributed by atoms with E-state index in [1.54, 1.807) is 42.5 Å². The van der Waals surface area contributed by atoms with E-state index in [0.29, 0.717) is 11.1 Å². The van der Waals surface area contributed by atoms with E-state index in [1.807, 2.05) is 29.9 Å². The van der Waals surface area contributed by atoms with Crippen molar-refractivity contribution in [1.29, 1.82) is 0 Å². The van der Waals surface area contributed by atoms with Gasteiger partial charge in [-0.25, -0.2) is 4.79 Å². The molecular weight excluding hydrogens is 292 g/mol. The van der Waals surface area contributed by atoms with Crippen LogP contribution in [-0.4, -0.2) is 21.6 Å². The number of carbonyl (C=O) groups excluding carboxylic acids is 1. The summed E-state index contributed by atoms with van der Waals surface area (Å²) in [6, 6.07) is 14.8. The minimum Gasteiger partial charge on any atom is -0.479 e. The predicted molar refractivity (Wildman–Crippen MR) is 87.2 cm³/mol. The van der Waals surface area contributed by atoms with Crippen LogP contribution in [0.5, 0.6) is 0 Å². The lowest BCUT2D eigenvalue weighted by Gasteiger charge is -2.15. The number of hydrogen-bond donors (Lipinski definition) is 2. The fraction of sp³-hybridized carbons (Fsp3) is 0.111. The molecular formula is C18H16N2O3. The van der Waals surface area contributed by atoms with Crippen molar-refractivity contribution >= 4 is 22.8 Å². The minimum absolute atomic E-state index is 0.413. The Kier molecular flexibility index (Phi) is 3.85. The molecule has 0 fully saturated rings. The molecule has 1 aromatic heterocycles. The monoisotopic (exact) mass is 308 g/mol. The third-order valence-corrected chi connectivity index (χ3v) is 3.81. The van der Waals surface area contributed by atoms with Crippen LogP contribution in [0.25, 0.3) is 10.9 Å². The van der Waals surface area contributed by atoms with Crippen LogP contribution in [0.3, 0.4) is 0 Å². The average molecular weight is 308 g/mol. The third kappa shape index (κ3) is 2.94. The van der Waals surface area contributed by atoms with E-state index >= 15 is 0 Å². The minimum atomic E-state index is -1.09. The van der Waals surface area contributed by atoms with Gasteiger partial charge in [0.15, 0.2) is 6.04 Å². The molecule has 1 heterocycles. The van der Waals surface area contributed by atoms with Crippen LogP contribution in [0.1, 0.15) is 22.0 Å². The van der Waals surface area contributed by atoms with Crippen LogP contribution in [0.4, 0.5) is 0 Å². The summed E-state index contributed by atoms with van der Waals surface area (Å²) < 4.78 is 1.91. The van der Waals surface area contributed by atoms with Crippen molar-refractivity contribution in [3.8, 4) is 0 Å². The zero-order valence-electron chi connectivity index (χ0n) is 12.6. The highest BCUT2D eigenvalue weighted by atomic mass is 16.4. The van der Waals surface area contributed by atoms with Gasteiger partial charge in [-0.05, 0) is 29.1 Å². The molecule has 0 saturated heterocycles. The average Bonchev–Trinajstić information content (AvgIpc) is 2.93. The lowest BCUT2D eigenvalue weighted by Crippen LogP contribution is -2.33. The van der Waals surface area contributed by atoms with Gasteiger partial charge in [0.05, 0.1) is 0 Å². The van der Waals surface area contributed by atoms with Crippen molar-refractivity contribution in [2.75, 3.05) is 0 Å². The molecule has 0 bridgehead atoms. The zero-order chi connectivity index (χ0) is 16.4. The number of aromatic nitrogens is 1. The van der Waals surface area contributed by atoms with Crippen LogP contribution in [0.2, 0.25) is 0 Å². The summed E-state index contributed by atoms with van der Waals surface area (Å²) in [4.78, 5) is 23.9. The first-order chi connectivity index (χ1) is 11.1. The first kappa shape index (κ1) is 14.8. The molecule has 0 aliphatic heterocycles. The number of benzene rings is 2. The molecule has 0 aliphatic carbocycles. The second-order valence-electron chi connectivity index (χ2n) is 5.36. The maximum absolute atomic E-state index is 12.4. The summed E-state index contributed by atoms with van der Waals surface area (Å²) in [5.41, 5.74) is 1.89. The number of carboxylic acids is 1. The maximum atomic E-state index is 12.4. The summed E-state index contributed by atoms with van der Waals surface area (Å²) in [6.45, 7) is 0. The number of carbonyl (C=O) groups is 2. The predicted octanol–water partition coefficient (Wildman–Crippen LogP) is 2.73. The Bertz CT molecular complexity index is 868. The molecule has 1 atom stereocenters. The summed E-state index contributed by atoms with van der Waals surface area (Å²) in [5.74, 6) is -1.51. The molecule has 0 unspecified atom stereocenters. The van der Waals surface area contributed by atoms with Gasteiger partial charge in [0.1, 0.15) is 0 Å². The number of hydrogen-bond acceptors (Lipinski definition) is 2. The van der Waals surface area contributed by atoms with Crippen LogP contribution < -0.4 is 5.32 Å². The highest BCUT2D eigenvalue weighted by molar-refractivity contribution is 5.99. The number of carboxylic acid groups (broad SMARTS) is 1. The Labute approximate surface area is 133 Å². The topological polar surface area (TPSA) is 71.3 Å². The number of aliphatic carboxylic acids is 1. The van der Waals surface area contributed by atoms with E-state index in [4.69, 9.17) is 0 Å². The number of fused-ring (bicyclic) bond motifs is 1. The van der Waals surface area contributed by atoms with Gasteiger partial charge in [-0.1, -0.05) is 36.4 Å². The Morgan fingerprint density at radius 1 is 1.09 bits per heavy atom. The summed E-state index contributed by atoms with van der Waals surface area (Å²) in [6.07, 6.45) is 1.91. The maximum Gasteiger partial charge on any atom is 0.330 e. The zero-order valence-corrected chi connectivity index (χ0v) is 12.6. The van der Waals surface area contributed by atoms with Crippen LogP contribution in [-0.2, 0) is 11.8 Å². The van der Waals surface area contributed by atoms with Gasteiger partial charge in [0, 0.05) is 24.3 Å². The van der Waals surface area contributed by atoms with E-state index in [2.05, 4.69) is 5.32 Å². The van der Waals surface area contributed by atoms with E-state index in [0.717, 1.165) is 10.9 Å². The fourth-order valence-electron chi connectivity index (χ4n) is 2.55. The molecule has 0 radical (unpaired) electrons. The Morgan fingerprint density at radius 3 is 2.52 bits per heavy atom. The number of nitrogens with zero attached hydrogens (tertiary/aromatic N) is 1. The first-order valence-corrected chi connectivity index (χ1v) is 7.20. The molecule has 0 saturated carbocycles. The summed E-state index contributed by atoms with van der Waals surface area (Å²) in [7, 11) is 1.90. The number of nitrogens with one attached hydrogen (secondary N) is 1. The van der Waals surface area contributed by atoms with Gasteiger partial charge >= 0.3 is 5.97 Å². The molecule has 5 heteroatoms. The highest BCUT2D eigenvalue weighted by Crippen LogP contribution is 2.18. The van der Waals surface area contributed by atoms with E-state index in [9.17, 15) is 14.7 Å². The van der Waals surface area contributed by atoms with Crippen molar-refractivity contribution in [2.45, 2.75) is 6.04 Å². The van der Waals surface area contributed by atoms with Crippen molar-refractivity contribution in [3.63, 3.8) is 0 Å². The third-order valence-electron chi connectivity index (χ3n) is 3.81. The normalized spacial score (nSPS) is 12.0. The fourth-order valence-corrected chi connectivity index (χ4v) is 2.55. The summed E-state index contributed by atoms with van der Waals surface area (Å²) >= 11 is 0. The van der Waals surface area contributed by atoms with Gasteiger partial charge in [0.25, 0.3) is 5.91 Å². The Hall–Kier alpha value is -3.08. The van der Waals surface area contributed by atoms with Gasteiger partial charge < -0.3 is 15.0 Å². The van der Waals surface area contributed by atoms with E-state index < -0.39 is 17.9 Å². The Morgan fingerprint density at radius 2 is 1.83 bits per heavy atom. The molecule has 0 aliphatic rings. The number of rotatable bonds is 4. The van der Waals surface area contributed by atoms with Crippen molar-refractivity contribution < 1.29 is 14.7 Å². The van der Waals surface area contributed by atoms with Gasteiger partial charge in [-0.15, -0.1) is 0 Å². The molecule has 23 heavy (non-hydrogen) atoms. The van der Waals surface area contributed by atoms with Gasteiger partial charge in [0.2, 0.25) is 0 Å². The number of aryl methyl sites for hydroxylation is 1. The van der Waals surface area contributed by atoms with Gasteiger partial charge in [-0.2, -0.15) is 0 Å². The molecule has 116 valence electrons. The molecule has 5 nitrogen and oxygen atoms in total. The van der Waals surface area contributed by atoms with Crippen molar-refractivity contribution in [3.05, 3.63) is 71.9 Å². The van der Waals surface area contributed by atoms with E-state index in [-0.39, 0.29) is 0 Å². The second-order valence-corrected chi connectivity index (χ2v) is 5.36. The quantitative estimate of drug-likeness (QED) is 0.778.